The molecule has 2 N–H and O–H groups in total. The van der Waals surface area contributed by atoms with Gasteiger partial charge in [-0.15, -0.1) is 0 Å². The number of aryl methyl sites for hydroxylation is 2. The van der Waals surface area contributed by atoms with Crippen LogP contribution in [0.4, 0.5) is 0 Å². The van der Waals surface area contributed by atoms with Crippen molar-refractivity contribution in [3.63, 3.8) is 0 Å². The average Bonchev–Trinajstić information content (AvgIpc) is 3.46. The predicted octanol–water partition coefficient (Wildman–Crippen LogP) is 2.42. The molecule has 1 amide bonds. The summed E-state index contributed by atoms with van der Waals surface area (Å²) in [6, 6.07) is 10.5. The van der Waals surface area contributed by atoms with Crippen molar-refractivity contribution in [2.75, 3.05) is 6.54 Å². The number of aromatic nitrogens is 5. The SMILES string of the molecule is Cc1cc(C#N)ccc1-c1c[nH]n(-c2ccc(C(=O)NCCCn3ccnc3)cn2)c1=O. The normalized spacial score (nSPS) is 10.6. The van der Waals surface area contributed by atoms with Gasteiger partial charge in [-0.3, -0.25) is 14.7 Å². The van der Waals surface area contributed by atoms with Crippen LogP contribution in [0.5, 0.6) is 0 Å². The summed E-state index contributed by atoms with van der Waals surface area (Å²) < 4.78 is 3.27. The first-order valence-electron chi connectivity index (χ1n) is 10.1. The molecule has 4 aromatic rings. The van der Waals surface area contributed by atoms with Gasteiger partial charge >= 0.3 is 0 Å². The van der Waals surface area contributed by atoms with Gasteiger partial charge in [0.15, 0.2) is 5.82 Å². The van der Waals surface area contributed by atoms with Crippen LogP contribution in [0.25, 0.3) is 16.9 Å². The molecule has 0 fully saturated rings. The van der Waals surface area contributed by atoms with E-state index >= 15 is 0 Å². The minimum atomic E-state index is -0.262. The summed E-state index contributed by atoms with van der Waals surface area (Å²) >= 11 is 0. The van der Waals surface area contributed by atoms with Gasteiger partial charge in [-0.2, -0.15) is 5.26 Å². The number of carbonyl (C=O) groups excluding carboxylic acids is 1. The van der Waals surface area contributed by atoms with Gasteiger partial charge < -0.3 is 9.88 Å². The third kappa shape index (κ3) is 4.34. The molecule has 9 nitrogen and oxygen atoms in total. The van der Waals surface area contributed by atoms with Gasteiger partial charge in [0.05, 0.1) is 29.1 Å². The Bertz CT molecular complexity index is 1330. The maximum absolute atomic E-state index is 12.9. The third-order valence-corrected chi connectivity index (χ3v) is 5.09. The molecule has 0 radical (unpaired) electrons. The minimum absolute atomic E-state index is 0.220. The summed E-state index contributed by atoms with van der Waals surface area (Å²) in [6.45, 7) is 3.16. The van der Waals surface area contributed by atoms with E-state index in [1.807, 2.05) is 17.7 Å². The van der Waals surface area contributed by atoms with Crippen molar-refractivity contribution < 1.29 is 4.79 Å². The van der Waals surface area contributed by atoms with Crippen molar-refractivity contribution in [2.24, 2.45) is 0 Å². The molecular weight excluding hydrogens is 406 g/mol. The molecule has 0 atom stereocenters. The van der Waals surface area contributed by atoms with E-state index in [9.17, 15) is 9.59 Å². The van der Waals surface area contributed by atoms with E-state index in [1.54, 1.807) is 49.1 Å². The molecule has 0 saturated heterocycles. The molecule has 160 valence electrons. The lowest BCUT2D eigenvalue weighted by atomic mass is 10.0. The summed E-state index contributed by atoms with van der Waals surface area (Å²) in [6.07, 6.45) is 9.17. The van der Waals surface area contributed by atoms with E-state index in [0.29, 0.717) is 29.1 Å². The first-order valence-corrected chi connectivity index (χ1v) is 10.1. The Balaban J connectivity index is 1.43. The molecule has 0 unspecified atom stereocenters. The predicted molar refractivity (Wildman–Crippen MR) is 118 cm³/mol. The summed E-state index contributed by atoms with van der Waals surface area (Å²) in [5.74, 6) is 0.159. The summed E-state index contributed by atoms with van der Waals surface area (Å²) in [7, 11) is 0. The quantitative estimate of drug-likeness (QED) is 0.439. The summed E-state index contributed by atoms with van der Waals surface area (Å²) in [5, 5.41) is 14.8. The van der Waals surface area contributed by atoms with Crippen LogP contribution in [0.1, 0.15) is 27.9 Å². The van der Waals surface area contributed by atoms with Gasteiger partial charge in [0.25, 0.3) is 11.5 Å². The van der Waals surface area contributed by atoms with Gasteiger partial charge in [0.2, 0.25) is 0 Å². The maximum atomic E-state index is 12.9. The van der Waals surface area contributed by atoms with E-state index in [0.717, 1.165) is 24.1 Å². The lowest BCUT2D eigenvalue weighted by Crippen LogP contribution is -2.25. The summed E-state index contributed by atoms with van der Waals surface area (Å²) in [4.78, 5) is 33.5. The molecule has 3 heterocycles. The van der Waals surface area contributed by atoms with Crippen molar-refractivity contribution in [1.82, 2.24) is 29.6 Å². The van der Waals surface area contributed by atoms with Crippen molar-refractivity contribution in [2.45, 2.75) is 19.9 Å². The largest absolute Gasteiger partial charge is 0.352 e. The average molecular weight is 427 g/mol. The first kappa shape index (κ1) is 20.8. The van der Waals surface area contributed by atoms with Gasteiger partial charge in [0, 0.05) is 37.9 Å². The summed E-state index contributed by atoms with van der Waals surface area (Å²) in [5.41, 5.74) is 2.75. The number of nitrogens with zero attached hydrogens (tertiary/aromatic N) is 5. The monoisotopic (exact) mass is 427 g/mol. The molecule has 0 spiro atoms. The molecule has 0 aliphatic carbocycles. The highest BCUT2D eigenvalue weighted by molar-refractivity contribution is 5.93. The molecule has 3 aromatic heterocycles. The third-order valence-electron chi connectivity index (χ3n) is 5.09. The molecule has 0 aliphatic rings. The van der Waals surface area contributed by atoms with Crippen LogP contribution in [0.3, 0.4) is 0 Å². The highest BCUT2D eigenvalue weighted by atomic mass is 16.1. The van der Waals surface area contributed by atoms with Crippen LogP contribution in [0.15, 0.2) is 66.2 Å². The van der Waals surface area contributed by atoms with Crippen LogP contribution in [-0.4, -0.2) is 36.8 Å². The fourth-order valence-electron chi connectivity index (χ4n) is 3.41. The molecule has 0 bridgehead atoms. The van der Waals surface area contributed by atoms with Gasteiger partial charge in [-0.05, 0) is 48.7 Å². The number of rotatable bonds is 7. The Labute approximate surface area is 184 Å². The number of carbonyl (C=O) groups is 1. The highest BCUT2D eigenvalue weighted by Gasteiger charge is 2.14. The number of hydrogen-bond acceptors (Lipinski definition) is 5. The van der Waals surface area contributed by atoms with E-state index in [2.05, 4.69) is 26.5 Å². The molecular formula is C23H21N7O2. The number of amides is 1. The van der Waals surface area contributed by atoms with Crippen molar-refractivity contribution in [1.29, 1.82) is 5.26 Å². The minimum Gasteiger partial charge on any atom is -0.352 e. The Morgan fingerprint density at radius 3 is 2.81 bits per heavy atom. The van der Waals surface area contributed by atoms with Crippen molar-refractivity contribution in [3.05, 3.63) is 88.5 Å². The molecule has 0 aliphatic heterocycles. The standard InChI is InChI=1S/C23H21N7O2/c1-16-11-17(12-24)3-5-19(16)20-14-28-30(23(20)32)21-6-4-18(13-27-21)22(31)26-7-2-9-29-10-8-25-15-29/h3-6,8,10-11,13-15,28H,2,7,9H2,1H3,(H,26,31). The second-order valence-electron chi connectivity index (χ2n) is 7.28. The second kappa shape index (κ2) is 9.14. The van der Waals surface area contributed by atoms with E-state index in [-0.39, 0.29) is 11.5 Å². The number of nitriles is 1. The number of benzene rings is 1. The Morgan fingerprint density at radius 2 is 2.12 bits per heavy atom. The Hall–Kier alpha value is -4.45. The molecule has 4 rings (SSSR count). The topological polar surface area (TPSA) is 121 Å². The Kier molecular flexibility index (Phi) is 5.94. The van der Waals surface area contributed by atoms with E-state index in [1.165, 1.54) is 10.9 Å². The molecule has 32 heavy (non-hydrogen) atoms. The molecule has 1 aromatic carbocycles. The Morgan fingerprint density at radius 1 is 1.25 bits per heavy atom. The van der Waals surface area contributed by atoms with E-state index < -0.39 is 0 Å². The fourth-order valence-corrected chi connectivity index (χ4v) is 3.41. The van der Waals surface area contributed by atoms with Crippen molar-refractivity contribution in [3.8, 4) is 23.0 Å². The lowest BCUT2D eigenvalue weighted by Gasteiger charge is -2.06. The number of nitrogens with one attached hydrogen (secondary N) is 2. The van der Waals surface area contributed by atoms with Crippen LogP contribution in [0.2, 0.25) is 0 Å². The van der Waals surface area contributed by atoms with Gasteiger partial charge in [-0.25, -0.2) is 14.6 Å². The zero-order valence-corrected chi connectivity index (χ0v) is 17.4. The first-order chi connectivity index (χ1) is 15.6. The van der Waals surface area contributed by atoms with Crippen LogP contribution >= 0.6 is 0 Å². The zero-order chi connectivity index (χ0) is 22.5. The number of imidazole rings is 1. The van der Waals surface area contributed by atoms with Crippen LogP contribution < -0.4 is 10.9 Å². The number of aromatic amines is 1. The smallest absolute Gasteiger partial charge is 0.280 e. The highest BCUT2D eigenvalue weighted by Crippen LogP contribution is 2.21. The number of H-pyrrole nitrogens is 1. The van der Waals surface area contributed by atoms with Crippen molar-refractivity contribution >= 4 is 5.91 Å². The molecule has 0 saturated carbocycles. The zero-order valence-electron chi connectivity index (χ0n) is 17.4. The maximum Gasteiger partial charge on any atom is 0.280 e. The van der Waals surface area contributed by atoms with E-state index in [4.69, 9.17) is 5.26 Å². The van der Waals surface area contributed by atoms with Crippen LogP contribution in [-0.2, 0) is 6.54 Å². The molecule has 9 heteroatoms. The second-order valence-corrected chi connectivity index (χ2v) is 7.28. The van der Waals surface area contributed by atoms with Gasteiger partial charge in [0.1, 0.15) is 0 Å². The number of pyridine rings is 1. The lowest BCUT2D eigenvalue weighted by molar-refractivity contribution is 0.0952. The van der Waals surface area contributed by atoms with Gasteiger partial charge in [-0.1, -0.05) is 6.07 Å². The fraction of sp³-hybridized carbons (Fsp3) is 0.174. The van der Waals surface area contributed by atoms with Crippen LogP contribution in [0, 0.1) is 18.3 Å². The number of hydrogen-bond donors (Lipinski definition) is 2.